The summed E-state index contributed by atoms with van der Waals surface area (Å²) in [5, 5.41) is 0. The summed E-state index contributed by atoms with van der Waals surface area (Å²) in [6.07, 6.45) is 6.65. The Morgan fingerprint density at radius 2 is 1.83 bits per heavy atom. The van der Waals surface area contributed by atoms with Crippen molar-refractivity contribution in [3.63, 3.8) is 0 Å². The SMILES string of the molecule is C/C=C/C1(C)CCC(C)(C)CO1. The summed E-state index contributed by atoms with van der Waals surface area (Å²) in [4.78, 5) is 0. The van der Waals surface area contributed by atoms with Crippen molar-refractivity contribution in [1.29, 1.82) is 0 Å². The topological polar surface area (TPSA) is 9.23 Å². The lowest BCUT2D eigenvalue weighted by Gasteiger charge is -2.39. The molecule has 1 aliphatic heterocycles. The predicted molar refractivity (Wildman–Crippen MR) is 52.2 cm³/mol. The Balaban J connectivity index is 2.55. The van der Waals surface area contributed by atoms with Gasteiger partial charge in [0.1, 0.15) is 0 Å². The largest absolute Gasteiger partial charge is 0.371 e. The van der Waals surface area contributed by atoms with Crippen LogP contribution in [0.15, 0.2) is 12.2 Å². The average Bonchev–Trinajstić information content (AvgIpc) is 1.98. The second-order valence-electron chi connectivity index (χ2n) is 4.77. The molecule has 1 aliphatic rings. The minimum Gasteiger partial charge on any atom is -0.371 e. The van der Waals surface area contributed by atoms with Gasteiger partial charge in [-0.05, 0) is 32.1 Å². The first-order valence-corrected chi connectivity index (χ1v) is 4.75. The molecule has 0 aromatic heterocycles. The molecule has 1 rings (SSSR count). The van der Waals surface area contributed by atoms with Gasteiger partial charge >= 0.3 is 0 Å². The molecule has 12 heavy (non-hydrogen) atoms. The van der Waals surface area contributed by atoms with Gasteiger partial charge in [0.2, 0.25) is 0 Å². The first-order valence-electron chi connectivity index (χ1n) is 4.75. The van der Waals surface area contributed by atoms with E-state index in [1.165, 1.54) is 6.42 Å². The van der Waals surface area contributed by atoms with Crippen LogP contribution in [0.2, 0.25) is 0 Å². The van der Waals surface area contributed by atoms with E-state index >= 15 is 0 Å². The highest BCUT2D eigenvalue weighted by atomic mass is 16.5. The molecule has 0 bridgehead atoms. The van der Waals surface area contributed by atoms with Crippen LogP contribution in [-0.2, 0) is 4.74 Å². The summed E-state index contributed by atoms with van der Waals surface area (Å²) in [5.74, 6) is 0. The van der Waals surface area contributed by atoms with Gasteiger partial charge in [0.05, 0.1) is 12.2 Å². The summed E-state index contributed by atoms with van der Waals surface area (Å²) in [5.41, 5.74) is 0.380. The van der Waals surface area contributed by atoms with Gasteiger partial charge in [-0.3, -0.25) is 0 Å². The van der Waals surface area contributed by atoms with Crippen LogP contribution in [-0.4, -0.2) is 12.2 Å². The van der Waals surface area contributed by atoms with Crippen molar-refractivity contribution in [2.45, 2.75) is 46.1 Å². The number of allylic oxidation sites excluding steroid dienone is 1. The van der Waals surface area contributed by atoms with E-state index in [9.17, 15) is 0 Å². The summed E-state index contributed by atoms with van der Waals surface area (Å²) < 4.78 is 5.83. The quantitative estimate of drug-likeness (QED) is 0.546. The number of ether oxygens (including phenoxy) is 1. The van der Waals surface area contributed by atoms with Crippen LogP contribution >= 0.6 is 0 Å². The fourth-order valence-electron chi connectivity index (χ4n) is 1.58. The Kier molecular flexibility index (Phi) is 2.62. The predicted octanol–water partition coefficient (Wildman–Crippen LogP) is 3.16. The molecule has 1 heterocycles. The Morgan fingerprint density at radius 1 is 1.17 bits per heavy atom. The Labute approximate surface area is 75.8 Å². The minimum atomic E-state index is 0.00424. The normalized spacial score (nSPS) is 35.7. The van der Waals surface area contributed by atoms with E-state index < -0.39 is 0 Å². The lowest BCUT2D eigenvalue weighted by Crippen LogP contribution is -2.38. The maximum Gasteiger partial charge on any atom is 0.0834 e. The Morgan fingerprint density at radius 3 is 2.25 bits per heavy atom. The van der Waals surface area contributed by atoms with E-state index in [4.69, 9.17) is 4.74 Å². The number of rotatable bonds is 1. The molecule has 1 saturated heterocycles. The van der Waals surface area contributed by atoms with Crippen molar-refractivity contribution in [3.05, 3.63) is 12.2 Å². The number of hydrogen-bond acceptors (Lipinski definition) is 1. The Bertz CT molecular complexity index is 169. The van der Waals surface area contributed by atoms with Crippen LogP contribution in [0.5, 0.6) is 0 Å². The molecule has 1 nitrogen and oxygen atoms in total. The van der Waals surface area contributed by atoms with Gasteiger partial charge in [0, 0.05) is 0 Å². The minimum absolute atomic E-state index is 0.00424. The molecule has 0 N–H and O–H groups in total. The molecule has 1 fully saturated rings. The van der Waals surface area contributed by atoms with Gasteiger partial charge in [-0.25, -0.2) is 0 Å². The maximum atomic E-state index is 5.83. The van der Waals surface area contributed by atoms with E-state index in [-0.39, 0.29) is 5.60 Å². The van der Waals surface area contributed by atoms with Gasteiger partial charge in [0.15, 0.2) is 0 Å². The first kappa shape index (κ1) is 9.79. The molecular weight excluding hydrogens is 148 g/mol. The molecule has 0 saturated carbocycles. The number of hydrogen-bond donors (Lipinski definition) is 0. The molecule has 70 valence electrons. The van der Waals surface area contributed by atoms with Crippen LogP contribution in [0.25, 0.3) is 0 Å². The fraction of sp³-hybridized carbons (Fsp3) is 0.818. The first-order chi connectivity index (χ1) is 5.47. The van der Waals surface area contributed by atoms with E-state index in [1.54, 1.807) is 0 Å². The maximum absolute atomic E-state index is 5.83. The second-order valence-corrected chi connectivity index (χ2v) is 4.77. The van der Waals surface area contributed by atoms with Crippen LogP contribution in [0.3, 0.4) is 0 Å². The van der Waals surface area contributed by atoms with Crippen molar-refractivity contribution in [2.24, 2.45) is 5.41 Å². The third kappa shape index (κ3) is 2.34. The smallest absolute Gasteiger partial charge is 0.0834 e. The van der Waals surface area contributed by atoms with Gasteiger partial charge in [-0.15, -0.1) is 0 Å². The van der Waals surface area contributed by atoms with Crippen LogP contribution in [0.4, 0.5) is 0 Å². The van der Waals surface area contributed by atoms with Crippen LogP contribution < -0.4 is 0 Å². The van der Waals surface area contributed by atoms with Crippen LogP contribution in [0.1, 0.15) is 40.5 Å². The lowest BCUT2D eigenvalue weighted by atomic mass is 9.81. The highest BCUT2D eigenvalue weighted by Crippen LogP contribution is 2.35. The zero-order chi connectivity index (χ0) is 9.24. The van der Waals surface area contributed by atoms with Gasteiger partial charge in [-0.1, -0.05) is 26.0 Å². The van der Waals surface area contributed by atoms with Crippen molar-refractivity contribution < 1.29 is 4.74 Å². The standard InChI is InChI=1S/C11H20O/c1-5-6-11(4)8-7-10(2,3)9-12-11/h5-6H,7-9H2,1-4H3/b6-5+. The molecular formula is C11H20O. The molecule has 1 unspecified atom stereocenters. The van der Waals surface area contributed by atoms with E-state index in [1.807, 2.05) is 6.92 Å². The molecule has 1 heteroatoms. The third-order valence-electron chi connectivity index (χ3n) is 2.61. The van der Waals surface area contributed by atoms with Crippen molar-refractivity contribution in [1.82, 2.24) is 0 Å². The zero-order valence-corrected chi connectivity index (χ0v) is 8.68. The van der Waals surface area contributed by atoms with Crippen molar-refractivity contribution >= 4 is 0 Å². The van der Waals surface area contributed by atoms with Crippen molar-refractivity contribution in [2.75, 3.05) is 6.61 Å². The molecule has 0 amide bonds. The summed E-state index contributed by atoms with van der Waals surface area (Å²) in [6, 6.07) is 0. The monoisotopic (exact) mass is 168 g/mol. The van der Waals surface area contributed by atoms with E-state index in [0.29, 0.717) is 5.41 Å². The van der Waals surface area contributed by atoms with Gasteiger partial charge in [-0.2, -0.15) is 0 Å². The molecule has 0 aromatic rings. The van der Waals surface area contributed by atoms with E-state index in [0.717, 1.165) is 13.0 Å². The van der Waals surface area contributed by atoms with Gasteiger partial charge in [0.25, 0.3) is 0 Å². The molecule has 0 aliphatic carbocycles. The second kappa shape index (κ2) is 3.21. The summed E-state index contributed by atoms with van der Waals surface area (Å²) in [7, 11) is 0. The average molecular weight is 168 g/mol. The van der Waals surface area contributed by atoms with Gasteiger partial charge < -0.3 is 4.74 Å². The lowest BCUT2D eigenvalue weighted by molar-refractivity contribution is -0.0848. The van der Waals surface area contributed by atoms with Crippen molar-refractivity contribution in [3.8, 4) is 0 Å². The zero-order valence-electron chi connectivity index (χ0n) is 8.68. The summed E-state index contributed by atoms with van der Waals surface area (Å²) in [6.45, 7) is 9.63. The highest BCUT2D eigenvalue weighted by Gasteiger charge is 2.33. The summed E-state index contributed by atoms with van der Waals surface area (Å²) >= 11 is 0. The molecule has 0 spiro atoms. The molecule has 0 aromatic carbocycles. The highest BCUT2D eigenvalue weighted by molar-refractivity contribution is 5.01. The fourth-order valence-corrected chi connectivity index (χ4v) is 1.58. The molecule has 1 atom stereocenters. The molecule has 0 radical (unpaired) electrons. The third-order valence-corrected chi connectivity index (χ3v) is 2.61. The Hall–Kier alpha value is -0.300. The van der Waals surface area contributed by atoms with Crippen LogP contribution in [0, 0.1) is 5.41 Å². The van der Waals surface area contributed by atoms with E-state index in [2.05, 4.69) is 32.9 Å².